The third-order valence-electron chi connectivity index (χ3n) is 4.03. The quantitative estimate of drug-likeness (QED) is 0.306. The van der Waals surface area contributed by atoms with Crippen LogP contribution in [0.5, 0.6) is 0 Å². The van der Waals surface area contributed by atoms with Crippen molar-refractivity contribution in [2.45, 2.75) is 64.7 Å². The number of likely N-dealkylation sites (N-methyl/N-ethyl adjacent to an activating group) is 1. The van der Waals surface area contributed by atoms with Gasteiger partial charge in [0.15, 0.2) is 0 Å². The van der Waals surface area contributed by atoms with E-state index >= 15 is 0 Å². The molecule has 0 atom stereocenters. The van der Waals surface area contributed by atoms with Crippen LogP contribution in [0, 0.1) is 0 Å². The summed E-state index contributed by atoms with van der Waals surface area (Å²) in [7, 11) is 4.19. The monoisotopic (exact) mass is 302 g/mol. The molecule has 2 nitrogen and oxygen atoms in total. The van der Waals surface area contributed by atoms with Gasteiger partial charge in [-0.15, -0.1) is 0 Å². The summed E-state index contributed by atoms with van der Waals surface area (Å²) in [5.74, 6) is 1.19. The fraction of sp³-hybridized carbons (Fsp3) is 0.650. The SMILES string of the molecule is CCCCCCCCCCN=C(Cc1ccccc1)N(C)C. The topological polar surface area (TPSA) is 15.6 Å². The van der Waals surface area contributed by atoms with Crippen molar-refractivity contribution < 1.29 is 0 Å². The van der Waals surface area contributed by atoms with Gasteiger partial charge in [0.25, 0.3) is 0 Å². The maximum atomic E-state index is 4.81. The lowest BCUT2D eigenvalue weighted by Gasteiger charge is -2.16. The van der Waals surface area contributed by atoms with E-state index in [4.69, 9.17) is 4.99 Å². The Morgan fingerprint density at radius 3 is 2.05 bits per heavy atom. The van der Waals surface area contributed by atoms with Crippen molar-refractivity contribution in [1.29, 1.82) is 0 Å². The minimum absolute atomic E-state index is 0.935. The fourth-order valence-corrected chi connectivity index (χ4v) is 2.59. The lowest BCUT2D eigenvalue weighted by Crippen LogP contribution is -2.24. The Morgan fingerprint density at radius 1 is 0.864 bits per heavy atom. The van der Waals surface area contributed by atoms with Crippen LogP contribution in [-0.2, 0) is 6.42 Å². The molecule has 0 aliphatic carbocycles. The molecule has 0 bridgehead atoms. The van der Waals surface area contributed by atoms with Crippen LogP contribution in [0.3, 0.4) is 0 Å². The van der Waals surface area contributed by atoms with Gasteiger partial charge in [-0.3, -0.25) is 4.99 Å². The lowest BCUT2D eigenvalue weighted by molar-refractivity contribution is 0.572. The Bertz CT molecular complexity index is 395. The predicted molar refractivity (Wildman–Crippen MR) is 98.7 cm³/mol. The number of hydrogen-bond donors (Lipinski definition) is 0. The number of amidine groups is 1. The Balaban J connectivity index is 2.20. The first kappa shape index (κ1) is 18.7. The smallest absolute Gasteiger partial charge is 0.103 e. The molecule has 0 unspecified atom stereocenters. The zero-order valence-electron chi connectivity index (χ0n) is 14.9. The largest absolute Gasteiger partial charge is 0.366 e. The number of nitrogens with zero attached hydrogens (tertiary/aromatic N) is 2. The molecule has 124 valence electrons. The van der Waals surface area contributed by atoms with Gasteiger partial charge < -0.3 is 4.90 Å². The first-order valence-electron chi connectivity index (χ1n) is 8.98. The van der Waals surface area contributed by atoms with Gasteiger partial charge in [-0.2, -0.15) is 0 Å². The second kappa shape index (κ2) is 12.3. The molecule has 22 heavy (non-hydrogen) atoms. The molecule has 0 radical (unpaired) electrons. The van der Waals surface area contributed by atoms with E-state index in [0.29, 0.717) is 0 Å². The maximum absolute atomic E-state index is 4.81. The summed E-state index contributed by atoms with van der Waals surface area (Å²) in [6, 6.07) is 10.6. The van der Waals surface area contributed by atoms with Gasteiger partial charge in [0.2, 0.25) is 0 Å². The van der Waals surface area contributed by atoms with E-state index in [9.17, 15) is 0 Å². The van der Waals surface area contributed by atoms with Crippen LogP contribution in [0.1, 0.15) is 63.9 Å². The van der Waals surface area contributed by atoms with Crippen molar-refractivity contribution in [2.75, 3.05) is 20.6 Å². The summed E-state index contributed by atoms with van der Waals surface area (Å²) in [5.41, 5.74) is 1.34. The first-order chi connectivity index (χ1) is 10.7. The number of benzene rings is 1. The average Bonchev–Trinajstić information content (AvgIpc) is 2.53. The van der Waals surface area contributed by atoms with Crippen LogP contribution in [-0.4, -0.2) is 31.4 Å². The van der Waals surface area contributed by atoms with E-state index in [0.717, 1.165) is 13.0 Å². The molecular formula is C20H34N2. The highest BCUT2D eigenvalue weighted by molar-refractivity contribution is 5.84. The molecule has 0 N–H and O–H groups in total. The van der Waals surface area contributed by atoms with E-state index in [1.54, 1.807) is 0 Å². The number of rotatable bonds is 11. The van der Waals surface area contributed by atoms with E-state index < -0.39 is 0 Å². The Labute approximate surface area is 137 Å². The third-order valence-corrected chi connectivity index (χ3v) is 4.03. The number of unbranched alkanes of at least 4 members (excludes halogenated alkanes) is 7. The summed E-state index contributed by atoms with van der Waals surface area (Å²) < 4.78 is 0. The van der Waals surface area contributed by atoms with Crippen LogP contribution in [0.2, 0.25) is 0 Å². The van der Waals surface area contributed by atoms with Crippen LogP contribution < -0.4 is 0 Å². The molecule has 0 spiro atoms. The lowest BCUT2D eigenvalue weighted by atomic mass is 10.1. The molecule has 2 heteroatoms. The second-order valence-corrected chi connectivity index (χ2v) is 6.33. The van der Waals surface area contributed by atoms with Crippen molar-refractivity contribution in [3.63, 3.8) is 0 Å². The van der Waals surface area contributed by atoms with Crippen molar-refractivity contribution >= 4 is 5.84 Å². The van der Waals surface area contributed by atoms with Crippen LogP contribution in [0.4, 0.5) is 0 Å². The molecule has 1 rings (SSSR count). The Morgan fingerprint density at radius 2 is 1.45 bits per heavy atom. The molecule has 0 aliphatic heterocycles. The highest BCUT2D eigenvalue weighted by Gasteiger charge is 2.03. The highest BCUT2D eigenvalue weighted by Crippen LogP contribution is 2.09. The zero-order valence-corrected chi connectivity index (χ0v) is 14.9. The molecule has 0 saturated heterocycles. The molecular weight excluding hydrogens is 268 g/mol. The molecule has 0 saturated carbocycles. The Hall–Kier alpha value is -1.31. The summed E-state index contributed by atoms with van der Waals surface area (Å²) in [5, 5.41) is 0. The average molecular weight is 303 g/mol. The van der Waals surface area contributed by atoms with Crippen LogP contribution >= 0.6 is 0 Å². The van der Waals surface area contributed by atoms with Gasteiger partial charge in [0.1, 0.15) is 5.84 Å². The fourth-order valence-electron chi connectivity index (χ4n) is 2.59. The van der Waals surface area contributed by atoms with Crippen molar-refractivity contribution in [3.05, 3.63) is 35.9 Å². The number of hydrogen-bond acceptors (Lipinski definition) is 1. The maximum Gasteiger partial charge on any atom is 0.103 e. The normalized spacial score (nSPS) is 11.7. The molecule has 0 heterocycles. The molecule has 0 aromatic heterocycles. The molecule has 0 fully saturated rings. The van der Waals surface area contributed by atoms with Gasteiger partial charge in [0, 0.05) is 27.1 Å². The van der Waals surface area contributed by atoms with Gasteiger partial charge in [-0.1, -0.05) is 82.2 Å². The van der Waals surface area contributed by atoms with Gasteiger partial charge in [-0.25, -0.2) is 0 Å². The van der Waals surface area contributed by atoms with Crippen molar-refractivity contribution in [2.24, 2.45) is 4.99 Å². The number of aliphatic imine (C=N–C) groups is 1. The minimum Gasteiger partial charge on any atom is -0.366 e. The van der Waals surface area contributed by atoms with E-state index in [1.165, 1.54) is 62.8 Å². The summed E-state index contributed by atoms with van der Waals surface area (Å²) in [4.78, 5) is 6.96. The van der Waals surface area contributed by atoms with Crippen LogP contribution in [0.25, 0.3) is 0 Å². The van der Waals surface area contributed by atoms with Crippen LogP contribution in [0.15, 0.2) is 35.3 Å². The molecule has 0 amide bonds. The standard InChI is InChI=1S/C20H34N2/c1-4-5-6-7-8-9-10-14-17-21-20(22(2)3)18-19-15-12-11-13-16-19/h11-13,15-16H,4-10,14,17-18H2,1-3H3. The van der Waals surface area contributed by atoms with Crippen molar-refractivity contribution in [1.82, 2.24) is 4.90 Å². The highest BCUT2D eigenvalue weighted by atomic mass is 15.1. The summed E-state index contributed by atoms with van der Waals surface area (Å²) in [6.07, 6.45) is 11.8. The third kappa shape index (κ3) is 8.86. The summed E-state index contributed by atoms with van der Waals surface area (Å²) >= 11 is 0. The first-order valence-corrected chi connectivity index (χ1v) is 8.98. The van der Waals surface area contributed by atoms with Gasteiger partial charge >= 0.3 is 0 Å². The molecule has 1 aromatic rings. The summed E-state index contributed by atoms with van der Waals surface area (Å²) in [6.45, 7) is 3.24. The Kier molecular flexibility index (Phi) is 10.4. The van der Waals surface area contributed by atoms with E-state index in [2.05, 4.69) is 56.3 Å². The second-order valence-electron chi connectivity index (χ2n) is 6.33. The van der Waals surface area contributed by atoms with Gasteiger partial charge in [0.05, 0.1) is 0 Å². The predicted octanol–water partition coefficient (Wildman–Crippen LogP) is 5.33. The van der Waals surface area contributed by atoms with Gasteiger partial charge in [-0.05, 0) is 12.0 Å². The molecule has 0 aliphatic rings. The van der Waals surface area contributed by atoms with E-state index in [-0.39, 0.29) is 0 Å². The molecule has 1 aromatic carbocycles. The zero-order chi connectivity index (χ0) is 16.0. The van der Waals surface area contributed by atoms with E-state index in [1.807, 2.05) is 0 Å². The minimum atomic E-state index is 0.935. The van der Waals surface area contributed by atoms with Crippen molar-refractivity contribution in [3.8, 4) is 0 Å².